The molecular formula is C30H40O. The first-order chi connectivity index (χ1) is 15.0. The van der Waals surface area contributed by atoms with Gasteiger partial charge in [0.15, 0.2) is 0 Å². The van der Waals surface area contributed by atoms with E-state index in [-0.39, 0.29) is 0 Å². The highest BCUT2D eigenvalue weighted by molar-refractivity contribution is 5.40. The maximum Gasteiger partial charge on any atom is 0.113 e. The molecule has 4 atom stereocenters. The van der Waals surface area contributed by atoms with Gasteiger partial charge in [0.1, 0.15) is 6.61 Å². The topological polar surface area (TPSA) is 9.23 Å². The first-order valence-corrected chi connectivity index (χ1v) is 12.5. The number of ether oxygens (including phenoxy) is 1. The fourth-order valence-electron chi connectivity index (χ4n) is 6.84. The Morgan fingerprint density at radius 3 is 2.16 bits per heavy atom. The van der Waals surface area contributed by atoms with Gasteiger partial charge >= 0.3 is 0 Å². The third kappa shape index (κ3) is 4.09. The van der Waals surface area contributed by atoms with E-state index in [0.29, 0.717) is 29.3 Å². The zero-order valence-corrected chi connectivity index (χ0v) is 19.9. The molecule has 0 radical (unpaired) electrons. The molecule has 0 aliphatic heterocycles. The quantitative estimate of drug-likeness (QED) is 0.335. The molecule has 0 saturated heterocycles. The van der Waals surface area contributed by atoms with Gasteiger partial charge in [0.2, 0.25) is 0 Å². The Labute approximate surface area is 189 Å². The molecule has 0 bridgehead atoms. The summed E-state index contributed by atoms with van der Waals surface area (Å²) < 4.78 is 6.53. The van der Waals surface area contributed by atoms with Crippen LogP contribution in [0.2, 0.25) is 0 Å². The highest BCUT2D eigenvalue weighted by Gasteiger charge is 2.77. The zero-order valence-electron chi connectivity index (χ0n) is 19.9. The maximum absolute atomic E-state index is 6.53. The second-order valence-corrected chi connectivity index (χ2v) is 10.4. The van der Waals surface area contributed by atoms with Gasteiger partial charge in [-0.1, -0.05) is 108 Å². The lowest BCUT2D eigenvalue weighted by molar-refractivity contribution is 0.117. The molecule has 0 amide bonds. The number of rotatable bonds is 11. The Hall–Kier alpha value is -2.02. The number of hydrogen-bond donors (Lipinski definition) is 0. The van der Waals surface area contributed by atoms with Crippen LogP contribution in [0.3, 0.4) is 0 Å². The van der Waals surface area contributed by atoms with E-state index in [1.807, 2.05) is 0 Å². The Bertz CT molecular complexity index is 868. The highest BCUT2D eigenvalue weighted by atomic mass is 16.5. The summed E-state index contributed by atoms with van der Waals surface area (Å²) in [5.74, 6) is 3.17. The van der Waals surface area contributed by atoms with Gasteiger partial charge in [-0.15, -0.1) is 0 Å². The predicted octanol–water partition coefficient (Wildman–Crippen LogP) is 8.21. The standard InChI is InChI=1S/C30H40O/c1-5-6-13-20-30-21-26(31-22-25-16-11-8-12-17-25)28(23(2)3)29(30,4)27(30)19-18-24-14-9-7-10-15-24/h7-12,14-17,21,23,27-28H,5-6,13,18-20,22H2,1-4H3/t27-,28-,29+,30+/m0/s1. The van der Waals surface area contributed by atoms with Crippen molar-refractivity contribution in [1.29, 1.82) is 0 Å². The van der Waals surface area contributed by atoms with Crippen LogP contribution in [-0.2, 0) is 17.8 Å². The number of unbranched alkanes of at least 4 members (excludes halogenated alkanes) is 2. The summed E-state index contributed by atoms with van der Waals surface area (Å²) in [5.41, 5.74) is 3.41. The summed E-state index contributed by atoms with van der Waals surface area (Å²) in [7, 11) is 0. The van der Waals surface area contributed by atoms with E-state index in [1.165, 1.54) is 55.4 Å². The van der Waals surface area contributed by atoms with Gasteiger partial charge in [0, 0.05) is 11.3 Å². The fourth-order valence-corrected chi connectivity index (χ4v) is 6.84. The molecule has 0 heterocycles. The van der Waals surface area contributed by atoms with Crippen molar-refractivity contribution in [3.8, 4) is 0 Å². The second-order valence-electron chi connectivity index (χ2n) is 10.4. The minimum atomic E-state index is 0.331. The van der Waals surface area contributed by atoms with Crippen molar-refractivity contribution in [3.05, 3.63) is 83.6 Å². The van der Waals surface area contributed by atoms with Crippen molar-refractivity contribution < 1.29 is 4.74 Å². The van der Waals surface area contributed by atoms with E-state index >= 15 is 0 Å². The lowest BCUT2D eigenvalue weighted by atomic mass is 9.78. The van der Waals surface area contributed by atoms with E-state index in [4.69, 9.17) is 4.74 Å². The Kier molecular flexibility index (Phi) is 6.60. The van der Waals surface area contributed by atoms with Gasteiger partial charge < -0.3 is 4.74 Å². The minimum absolute atomic E-state index is 0.331. The van der Waals surface area contributed by atoms with Gasteiger partial charge in [-0.05, 0) is 53.7 Å². The summed E-state index contributed by atoms with van der Waals surface area (Å²) in [6.45, 7) is 10.4. The molecule has 1 nitrogen and oxygen atoms in total. The van der Waals surface area contributed by atoms with Crippen molar-refractivity contribution in [1.82, 2.24) is 0 Å². The largest absolute Gasteiger partial charge is 0.493 e. The Morgan fingerprint density at radius 1 is 0.903 bits per heavy atom. The molecule has 0 unspecified atom stereocenters. The normalized spacial score (nSPS) is 29.0. The van der Waals surface area contributed by atoms with Crippen LogP contribution in [0.15, 0.2) is 72.5 Å². The van der Waals surface area contributed by atoms with E-state index in [9.17, 15) is 0 Å². The summed E-state index contributed by atoms with van der Waals surface area (Å²) in [4.78, 5) is 0. The van der Waals surface area contributed by atoms with Crippen molar-refractivity contribution >= 4 is 0 Å². The fraction of sp³-hybridized carbons (Fsp3) is 0.533. The van der Waals surface area contributed by atoms with E-state index in [0.717, 1.165) is 5.92 Å². The summed E-state index contributed by atoms with van der Waals surface area (Å²) in [6.07, 6.45) is 10.4. The van der Waals surface area contributed by atoms with Gasteiger partial charge in [0.05, 0.1) is 5.76 Å². The molecule has 0 N–H and O–H groups in total. The molecule has 2 aliphatic rings. The van der Waals surface area contributed by atoms with E-state index in [2.05, 4.69) is 94.4 Å². The van der Waals surface area contributed by atoms with Gasteiger partial charge in [-0.25, -0.2) is 0 Å². The molecule has 1 saturated carbocycles. The van der Waals surface area contributed by atoms with Gasteiger partial charge in [0.25, 0.3) is 0 Å². The number of benzene rings is 2. The van der Waals surface area contributed by atoms with Crippen molar-refractivity contribution in [2.45, 2.75) is 72.8 Å². The predicted molar refractivity (Wildman–Crippen MR) is 131 cm³/mol. The number of allylic oxidation sites excluding steroid dienone is 2. The minimum Gasteiger partial charge on any atom is -0.493 e. The van der Waals surface area contributed by atoms with E-state index < -0.39 is 0 Å². The molecule has 0 spiro atoms. The maximum atomic E-state index is 6.53. The molecule has 166 valence electrons. The van der Waals surface area contributed by atoms with Crippen LogP contribution in [0.4, 0.5) is 0 Å². The summed E-state index contributed by atoms with van der Waals surface area (Å²) in [5, 5.41) is 0. The SMILES string of the molecule is CCCCC[C@]12C=C(OCc3ccccc3)[C@H](C(C)C)[C@@]1(C)[C@@H]2CCc1ccccc1. The van der Waals surface area contributed by atoms with Crippen LogP contribution < -0.4 is 0 Å². The molecule has 1 heteroatoms. The molecule has 1 fully saturated rings. The van der Waals surface area contributed by atoms with Gasteiger partial charge in [-0.2, -0.15) is 0 Å². The Balaban J connectivity index is 1.55. The van der Waals surface area contributed by atoms with Crippen LogP contribution in [0.25, 0.3) is 0 Å². The number of aryl methyl sites for hydroxylation is 1. The van der Waals surface area contributed by atoms with Crippen LogP contribution in [-0.4, -0.2) is 0 Å². The van der Waals surface area contributed by atoms with Gasteiger partial charge in [-0.3, -0.25) is 0 Å². The van der Waals surface area contributed by atoms with E-state index in [1.54, 1.807) is 0 Å². The second kappa shape index (κ2) is 9.23. The first-order valence-electron chi connectivity index (χ1n) is 12.5. The smallest absolute Gasteiger partial charge is 0.113 e. The van der Waals surface area contributed by atoms with Crippen LogP contribution >= 0.6 is 0 Å². The van der Waals surface area contributed by atoms with Crippen LogP contribution in [0.5, 0.6) is 0 Å². The lowest BCUT2D eigenvalue weighted by Gasteiger charge is -2.29. The molecule has 31 heavy (non-hydrogen) atoms. The zero-order chi connectivity index (χ0) is 21.9. The number of fused-ring (bicyclic) bond motifs is 1. The van der Waals surface area contributed by atoms with Crippen molar-refractivity contribution in [2.75, 3.05) is 0 Å². The summed E-state index contributed by atoms with van der Waals surface area (Å²) in [6, 6.07) is 21.7. The average molecular weight is 417 g/mol. The molecule has 2 aliphatic carbocycles. The van der Waals surface area contributed by atoms with Crippen LogP contribution in [0, 0.1) is 28.6 Å². The number of hydrogen-bond acceptors (Lipinski definition) is 1. The van der Waals surface area contributed by atoms with Crippen molar-refractivity contribution in [3.63, 3.8) is 0 Å². The molecule has 0 aromatic heterocycles. The molecule has 4 rings (SSSR count). The third-order valence-corrected chi connectivity index (χ3v) is 8.29. The molecular weight excluding hydrogens is 376 g/mol. The first kappa shape index (κ1) is 22.2. The summed E-state index contributed by atoms with van der Waals surface area (Å²) >= 11 is 0. The third-order valence-electron chi connectivity index (χ3n) is 8.29. The lowest BCUT2D eigenvalue weighted by Crippen LogP contribution is -2.23. The highest BCUT2D eigenvalue weighted by Crippen LogP contribution is 2.82. The Morgan fingerprint density at radius 2 is 1.55 bits per heavy atom. The average Bonchev–Trinajstić information content (AvgIpc) is 3.14. The van der Waals surface area contributed by atoms with Crippen LogP contribution in [0.1, 0.15) is 70.9 Å². The molecule has 2 aromatic carbocycles. The monoisotopic (exact) mass is 416 g/mol. The van der Waals surface area contributed by atoms with Crippen molar-refractivity contribution in [2.24, 2.45) is 28.6 Å². The molecule has 2 aromatic rings.